The molecule has 2 aromatic rings. The molecular formula is C27H32N2O5. The number of amides is 2. The van der Waals surface area contributed by atoms with Crippen molar-refractivity contribution in [1.29, 1.82) is 0 Å². The molecule has 2 amide bonds. The molecule has 0 bridgehead atoms. The smallest absolute Gasteiger partial charge is 0.407 e. The second kappa shape index (κ2) is 9.12. The summed E-state index contributed by atoms with van der Waals surface area (Å²) in [6.45, 7) is 6.28. The van der Waals surface area contributed by atoms with Crippen molar-refractivity contribution in [3.8, 4) is 11.1 Å². The molecule has 7 nitrogen and oxygen atoms in total. The van der Waals surface area contributed by atoms with Gasteiger partial charge in [0, 0.05) is 31.0 Å². The van der Waals surface area contributed by atoms with Crippen LogP contribution in [0.4, 0.5) is 4.79 Å². The van der Waals surface area contributed by atoms with E-state index in [2.05, 4.69) is 29.6 Å². The summed E-state index contributed by atoms with van der Waals surface area (Å²) in [5.41, 5.74) is 3.12. The Morgan fingerprint density at radius 2 is 1.68 bits per heavy atom. The minimum absolute atomic E-state index is 0.0125. The lowest BCUT2D eigenvalue weighted by Crippen LogP contribution is -2.45. The standard InChI is InChI=1S/C27H32N2O5/c1-26(2,13-12-23(30)29-15-14-27(3,17-29)24(31)32)28-25(33)34-16-22-20-10-6-4-8-18(20)19-9-5-7-11-21(19)22/h4-11,22H,12-17H2,1-3H3,(H,28,33)(H,31,32). The van der Waals surface area contributed by atoms with Gasteiger partial charge in [-0.1, -0.05) is 48.5 Å². The Labute approximate surface area is 200 Å². The highest BCUT2D eigenvalue weighted by molar-refractivity contribution is 5.81. The fourth-order valence-corrected chi connectivity index (χ4v) is 4.90. The zero-order valence-corrected chi connectivity index (χ0v) is 20.0. The number of hydrogen-bond donors (Lipinski definition) is 2. The molecule has 1 heterocycles. The summed E-state index contributed by atoms with van der Waals surface area (Å²) in [6, 6.07) is 16.4. The molecule has 180 valence electrons. The first-order chi connectivity index (χ1) is 16.1. The Hall–Kier alpha value is -3.35. The molecule has 1 aliphatic carbocycles. The third kappa shape index (κ3) is 4.79. The maximum atomic E-state index is 12.6. The lowest BCUT2D eigenvalue weighted by Gasteiger charge is -2.27. The molecule has 2 aliphatic rings. The van der Waals surface area contributed by atoms with Gasteiger partial charge >= 0.3 is 12.1 Å². The first kappa shape index (κ1) is 23.8. The summed E-state index contributed by atoms with van der Waals surface area (Å²) in [7, 11) is 0. The van der Waals surface area contributed by atoms with Crippen LogP contribution in [0.1, 0.15) is 57.1 Å². The molecule has 2 N–H and O–H groups in total. The quantitative estimate of drug-likeness (QED) is 0.633. The number of carbonyl (C=O) groups excluding carboxylic acids is 2. The molecule has 2 aromatic carbocycles. The van der Waals surface area contributed by atoms with Crippen LogP contribution in [0.5, 0.6) is 0 Å². The molecule has 34 heavy (non-hydrogen) atoms. The lowest BCUT2D eigenvalue weighted by atomic mass is 9.90. The summed E-state index contributed by atoms with van der Waals surface area (Å²) in [4.78, 5) is 38.2. The molecule has 1 unspecified atom stereocenters. The fourth-order valence-electron chi connectivity index (χ4n) is 4.90. The molecule has 1 saturated heterocycles. The summed E-state index contributed by atoms with van der Waals surface area (Å²) in [5.74, 6) is -0.978. The topological polar surface area (TPSA) is 95.9 Å². The lowest BCUT2D eigenvalue weighted by molar-refractivity contribution is -0.147. The van der Waals surface area contributed by atoms with Crippen molar-refractivity contribution < 1.29 is 24.2 Å². The molecule has 0 spiro atoms. The molecule has 0 aromatic heterocycles. The van der Waals surface area contributed by atoms with E-state index in [-0.39, 0.29) is 31.4 Å². The number of alkyl carbamates (subject to hydrolysis) is 1. The number of ether oxygens (including phenoxy) is 1. The number of likely N-dealkylation sites (tertiary alicyclic amines) is 1. The molecule has 1 fully saturated rings. The number of nitrogens with one attached hydrogen (secondary N) is 1. The Morgan fingerprint density at radius 3 is 2.24 bits per heavy atom. The first-order valence-electron chi connectivity index (χ1n) is 11.7. The average molecular weight is 465 g/mol. The molecule has 1 atom stereocenters. The Balaban J connectivity index is 1.29. The van der Waals surface area contributed by atoms with Gasteiger partial charge < -0.3 is 20.1 Å². The van der Waals surface area contributed by atoms with Crippen LogP contribution in [0.2, 0.25) is 0 Å². The van der Waals surface area contributed by atoms with Gasteiger partial charge in [0.1, 0.15) is 6.61 Å². The molecule has 0 radical (unpaired) electrons. The Bertz CT molecular complexity index is 1070. The average Bonchev–Trinajstić information content (AvgIpc) is 3.35. The van der Waals surface area contributed by atoms with E-state index in [4.69, 9.17) is 4.74 Å². The molecular weight excluding hydrogens is 432 g/mol. The van der Waals surface area contributed by atoms with E-state index in [0.29, 0.717) is 19.4 Å². The summed E-state index contributed by atoms with van der Waals surface area (Å²) < 4.78 is 5.63. The van der Waals surface area contributed by atoms with Crippen molar-refractivity contribution in [2.45, 2.75) is 51.5 Å². The summed E-state index contributed by atoms with van der Waals surface area (Å²) in [6.07, 6.45) is 0.594. The van der Waals surface area contributed by atoms with Gasteiger partial charge in [0.2, 0.25) is 5.91 Å². The SMILES string of the molecule is CC(C)(CCC(=O)N1CCC(C)(C(=O)O)C1)NC(=O)OCC1c2ccccc2-c2ccccc21. The van der Waals surface area contributed by atoms with Crippen LogP contribution in [0.3, 0.4) is 0 Å². The molecule has 1 aliphatic heterocycles. The van der Waals surface area contributed by atoms with E-state index in [1.807, 2.05) is 38.1 Å². The highest BCUT2D eigenvalue weighted by atomic mass is 16.5. The monoisotopic (exact) mass is 464 g/mol. The van der Waals surface area contributed by atoms with Gasteiger partial charge in [-0.2, -0.15) is 0 Å². The van der Waals surface area contributed by atoms with Crippen LogP contribution in [-0.2, 0) is 14.3 Å². The number of rotatable bonds is 7. The van der Waals surface area contributed by atoms with E-state index in [9.17, 15) is 19.5 Å². The molecule has 0 saturated carbocycles. The number of aliphatic carboxylic acids is 1. The van der Waals surface area contributed by atoms with Crippen LogP contribution in [0.25, 0.3) is 11.1 Å². The van der Waals surface area contributed by atoms with Gasteiger partial charge in [0.25, 0.3) is 0 Å². The second-order valence-electron chi connectivity index (χ2n) is 10.3. The van der Waals surface area contributed by atoms with Crippen molar-refractivity contribution in [1.82, 2.24) is 10.2 Å². The zero-order valence-electron chi connectivity index (χ0n) is 20.0. The predicted molar refractivity (Wildman–Crippen MR) is 128 cm³/mol. The minimum Gasteiger partial charge on any atom is -0.481 e. The van der Waals surface area contributed by atoms with Crippen LogP contribution >= 0.6 is 0 Å². The third-order valence-corrected chi connectivity index (χ3v) is 7.09. The van der Waals surface area contributed by atoms with Crippen molar-refractivity contribution in [2.75, 3.05) is 19.7 Å². The van der Waals surface area contributed by atoms with Gasteiger partial charge in [-0.3, -0.25) is 9.59 Å². The maximum Gasteiger partial charge on any atom is 0.407 e. The molecule has 4 rings (SSSR count). The van der Waals surface area contributed by atoms with E-state index in [1.54, 1.807) is 11.8 Å². The van der Waals surface area contributed by atoms with E-state index in [0.717, 1.165) is 11.1 Å². The molecule has 7 heteroatoms. The van der Waals surface area contributed by atoms with E-state index in [1.165, 1.54) is 11.1 Å². The maximum absolute atomic E-state index is 12.6. The van der Waals surface area contributed by atoms with Crippen LogP contribution in [0, 0.1) is 5.41 Å². The van der Waals surface area contributed by atoms with Crippen molar-refractivity contribution in [2.24, 2.45) is 5.41 Å². The van der Waals surface area contributed by atoms with Gasteiger partial charge in [-0.05, 0) is 55.9 Å². The Kier molecular flexibility index (Phi) is 6.39. The number of carbonyl (C=O) groups is 3. The number of carboxylic acids is 1. The van der Waals surface area contributed by atoms with Gasteiger partial charge in [-0.25, -0.2) is 4.79 Å². The third-order valence-electron chi connectivity index (χ3n) is 7.09. The summed E-state index contributed by atoms with van der Waals surface area (Å²) >= 11 is 0. The van der Waals surface area contributed by atoms with Gasteiger partial charge in [-0.15, -0.1) is 0 Å². The number of fused-ring (bicyclic) bond motifs is 3. The number of hydrogen-bond acceptors (Lipinski definition) is 4. The van der Waals surface area contributed by atoms with Crippen molar-refractivity contribution in [3.05, 3.63) is 59.7 Å². The van der Waals surface area contributed by atoms with Gasteiger partial charge in [0.15, 0.2) is 0 Å². The predicted octanol–water partition coefficient (Wildman–Crippen LogP) is 4.41. The van der Waals surface area contributed by atoms with Crippen LogP contribution in [0.15, 0.2) is 48.5 Å². The number of nitrogens with zero attached hydrogens (tertiary/aromatic N) is 1. The normalized spacial score (nSPS) is 19.4. The van der Waals surface area contributed by atoms with Gasteiger partial charge in [0.05, 0.1) is 5.41 Å². The highest BCUT2D eigenvalue weighted by Gasteiger charge is 2.42. The minimum atomic E-state index is -0.884. The van der Waals surface area contributed by atoms with Crippen molar-refractivity contribution >= 4 is 18.0 Å². The fraction of sp³-hybridized carbons (Fsp3) is 0.444. The number of carboxylic acid groups (broad SMARTS) is 1. The van der Waals surface area contributed by atoms with E-state index >= 15 is 0 Å². The first-order valence-corrected chi connectivity index (χ1v) is 11.7. The van der Waals surface area contributed by atoms with E-state index < -0.39 is 23.0 Å². The van der Waals surface area contributed by atoms with Crippen LogP contribution < -0.4 is 5.32 Å². The number of benzene rings is 2. The largest absolute Gasteiger partial charge is 0.481 e. The van der Waals surface area contributed by atoms with Crippen LogP contribution in [-0.4, -0.2) is 53.2 Å². The second-order valence-corrected chi connectivity index (χ2v) is 10.3. The Morgan fingerprint density at radius 1 is 1.09 bits per heavy atom. The summed E-state index contributed by atoms with van der Waals surface area (Å²) in [5, 5.41) is 12.3. The van der Waals surface area contributed by atoms with Crippen molar-refractivity contribution in [3.63, 3.8) is 0 Å². The highest BCUT2D eigenvalue weighted by Crippen LogP contribution is 2.44. The zero-order chi connectivity index (χ0) is 24.5.